The Hall–Kier alpha value is -2.15. The first-order valence-electron chi connectivity index (χ1n) is 9.66. The van der Waals surface area contributed by atoms with Crippen molar-refractivity contribution in [2.75, 3.05) is 17.7 Å². The van der Waals surface area contributed by atoms with Crippen LogP contribution in [0.5, 0.6) is 5.75 Å². The number of aromatic amines is 1. The van der Waals surface area contributed by atoms with Crippen molar-refractivity contribution >= 4 is 23.5 Å². The highest BCUT2D eigenvalue weighted by atomic mass is 32.2. The second kappa shape index (κ2) is 7.84. The fourth-order valence-electron chi connectivity index (χ4n) is 4.03. The molecule has 2 N–H and O–H groups in total. The minimum atomic E-state index is -0.178. The number of rotatable bonds is 4. The summed E-state index contributed by atoms with van der Waals surface area (Å²) in [6, 6.07) is 8.07. The van der Waals surface area contributed by atoms with Gasteiger partial charge in [0.1, 0.15) is 11.6 Å². The second-order valence-corrected chi connectivity index (χ2v) is 8.20. The van der Waals surface area contributed by atoms with Gasteiger partial charge >= 0.3 is 0 Å². The molecule has 27 heavy (non-hydrogen) atoms. The first-order valence-corrected chi connectivity index (χ1v) is 10.7. The van der Waals surface area contributed by atoms with Crippen LogP contribution in [0.1, 0.15) is 61.4 Å². The van der Waals surface area contributed by atoms with Crippen LogP contribution >= 0.6 is 11.8 Å². The van der Waals surface area contributed by atoms with E-state index in [9.17, 15) is 9.59 Å². The molecule has 1 aromatic heterocycles. The van der Waals surface area contributed by atoms with Crippen LogP contribution in [-0.2, 0) is 4.79 Å². The molecule has 1 fully saturated rings. The molecular formula is C20H25N3O3S. The number of fused-ring (bicyclic) bond motifs is 1. The Morgan fingerprint density at radius 3 is 2.59 bits per heavy atom. The molecule has 0 radical (unpaired) electrons. The molecule has 1 aromatic carbocycles. The number of ether oxygens (including phenoxy) is 1. The predicted octanol–water partition coefficient (Wildman–Crippen LogP) is 3.86. The Kier molecular flexibility index (Phi) is 5.29. The van der Waals surface area contributed by atoms with Gasteiger partial charge in [-0.2, -0.15) is 0 Å². The van der Waals surface area contributed by atoms with E-state index < -0.39 is 0 Å². The monoisotopic (exact) mass is 387 g/mol. The van der Waals surface area contributed by atoms with E-state index in [1.807, 2.05) is 35.9 Å². The summed E-state index contributed by atoms with van der Waals surface area (Å²) in [6.07, 6.45) is 5.62. The van der Waals surface area contributed by atoms with Crippen molar-refractivity contribution in [2.24, 2.45) is 0 Å². The molecule has 144 valence electrons. The predicted molar refractivity (Wildman–Crippen MR) is 108 cm³/mol. The van der Waals surface area contributed by atoms with Crippen LogP contribution in [-0.4, -0.2) is 28.0 Å². The van der Waals surface area contributed by atoms with E-state index in [1.165, 1.54) is 18.2 Å². The number of carbonyl (C=O) groups is 1. The number of benzene rings is 1. The number of anilines is 1. The van der Waals surface area contributed by atoms with E-state index in [4.69, 9.17) is 4.74 Å². The SMILES string of the molecule is CCOc1ccc([C@H]2SCC(=O)Nc3c2c(=O)[nH]n3C2CCCCC2)cc1. The van der Waals surface area contributed by atoms with Gasteiger partial charge in [0.05, 0.1) is 29.2 Å². The van der Waals surface area contributed by atoms with Gasteiger partial charge in [-0.1, -0.05) is 31.4 Å². The van der Waals surface area contributed by atoms with Crippen LogP contribution < -0.4 is 15.6 Å². The van der Waals surface area contributed by atoms with Gasteiger partial charge in [0.15, 0.2) is 0 Å². The Morgan fingerprint density at radius 2 is 1.89 bits per heavy atom. The number of carbonyl (C=O) groups excluding carboxylic acids is 1. The minimum absolute atomic E-state index is 0.0572. The Balaban J connectivity index is 1.74. The third-order valence-corrected chi connectivity index (χ3v) is 6.57. The third kappa shape index (κ3) is 3.65. The lowest BCUT2D eigenvalue weighted by Crippen LogP contribution is -2.21. The summed E-state index contributed by atoms with van der Waals surface area (Å²) in [4.78, 5) is 25.2. The summed E-state index contributed by atoms with van der Waals surface area (Å²) >= 11 is 1.50. The van der Waals surface area contributed by atoms with E-state index >= 15 is 0 Å². The molecule has 2 aliphatic rings. The maximum Gasteiger partial charge on any atom is 0.270 e. The van der Waals surface area contributed by atoms with Crippen molar-refractivity contribution in [1.29, 1.82) is 0 Å². The molecule has 1 aliphatic carbocycles. The molecule has 1 atom stereocenters. The molecule has 7 heteroatoms. The number of hydrogen-bond donors (Lipinski definition) is 2. The highest BCUT2D eigenvalue weighted by Crippen LogP contribution is 2.41. The first-order chi connectivity index (χ1) is 13.2. The van der Waals surface area contributed by atoms with E-state index in [2.05, 4.69) is 10.4 Å². The number of H-pyrrole nitrogens is 1. The number of nitrogens with zero attached hydrogens (tertiary/aromatic N) is 1. The van der Waals surface area contributed by atoms with Crippen LogP contribution in [0.4, 0.5) is 5.82 Å². The van der Waals surface area contributed by atoms with Gasteiger partial charge in [-0.25, -0.2) is 0 Å². The maximum atomic E-state index is 12.9. The molecule has 2 heterocycles. The summed E-state index contributed by atoms with van der Waals surface area (Å²) in [5.41, 5.74) is 1.55. The molecular weight excluding hydrogens is 362 g/mol. The quantitative estimate of drug-likeness (QED) is 0.835. The Labute approximate surface area is 162 Å². The van der Waals surface area contributed by atoms with Crippen molar-refractivity contribution < 1.29 is 9.53 Å². The molecule has 2 aromatic rings. The zero-order chi connectivity index (χ0) is 18.8. The van der Waals surface area contributed by atoms with Gasteiger partial charge in [0.25, 0.3) is 5.56 Å². The second-order valence-electron chi connectivity index (χ2n) is 7.11. The van der Waals surface area contributed by atoms with Gasteiger partial charge in [-0.05, 0) is 37.5 Å². The average molecular weight is 388 g/mol. The lowest BCUT2D eigenvalue weighted by atomic mass is 9.95. The van der Waals surface area contributed by atoms with Crippen LogP contribution in [0.25, 0.3) is 0 Å². The fourth-order valence-corrected chi connectivity index (χ4v) is 5.15. The minimum Gasteiger partial charge on any atom is -0.494 e. The summed E-state index contributed by atoms with van der Waals surface area (Å²) in [7, 11) is 0. The van der Waals surface area contributed by atoms with Gasteiger partial charge in [-0.15, -0.1) is 11.8 Å². The summed E-state index contributed by atoms with van der Waals surface area (Å²) in [6.45, 7) is 2.57. The number of nitrogens with one attached hydrogen (secondary N) is 2. The molecule has 0 bridgehead atoms. The van der Waals surface area contributed by atoms with Crippen LogP contribution in [0.3, 0.4) is 0 Å². The van der Waals surface area contributed by atoms with Gasteiger partial charge < -0.3 is 10.1 Å². The van der Waals surface area contributed by atoms with Crippen molar-refractivity contribution in [3.05, 3.63) is 45.7 Å². The number of aromatic nitrogens is 2. The lowest BCUT2D eigenvalue weighted by Gasteiger charge is -2.24. The molecule has 0 spiro atoms. The van der Waals surface area contributed by atoms with E-state index in [-0.39, 0.29) is 22.8 Å². The summed E-state index contributed by atoms with van der Waals surface area (Å²) < 4.78 is 7.44. The molecule has 1 aliphatic heterocycles. The van der Waals surface area contributed by atoms with Crippen LogP contribution in [0, 0.1) is 0 Å². The van der Waals surface area contributed by atoms with Crippen molar-refractivity contribution in [3.8, 4) is 5.75 Å². The largest absolute Gasteiger partial charge is 0.494 e. The molecule has 1 saturated carbocycles. The molecule has 1 amide bonds. The zero-order valence-corrected chi connectivity index (χ0v) is 16.3. The third-order valence-electron chi connectivity index (χ3n) is 5.30. The van der Waals surface area contributed by atoms with Crippen LogP contribution in [0.15, 0.2) is 29.1 Å². The maximum absolute atomic E-state index is 12.9. The Morgan fingerprint density at radius 1 is 1.15 bits per heavy atom. The standard InChI is InChI=1S/C20H25N3O3S/c1-2-26-15-10-8-13(9-11-15)18-17-19(21-16(24)12-27-18)23(22-20(17)25)14-6-4-3-5-7-14/h8-11,14,18H,2-7,12H2,1H3,(H,21,24)(H,22,25)/t18-/m1/s1. The van der Waals surface area contributed by atoms with E-state index in [0.717, 1.165) is 37.0 Å². The van der Waals surface area contributed by atoms with Crippen molar-refractivity contribution in [2.45, 2.75) is 50.3 Å². The lowest BCUT2D eigenvalue weighted by molar-refractivity contribution is -0.113. The number of amides is 1. The van der Waals surface area contributed by atoms with Gasteiger partial charge in [-0.3, -0.25) is 19.4 Å². The van der Waals surface area contributed by atoms with Gasteiger partial charge in [0, 0.05) is 0 Å². The summed E-state index contributed by atoms with van der Waals surface area (Å²) in [5, 5.41) is 5.82. The van der Waals surface area contributed by atoms with Gasteiger partial charge in [0.2, 0.25) is 5.91 Å². The highest BCUT2D eigenvalue weighted by molar-refractivity contribution is 8.00. The van der Waals surface area contributed by atoms with E-state index in [1.54, 1.807) is 0 Å². The van der Waals surface area contributed by atoms with Crippen molar-refractivity contribution in [1.82, 2.24) is 9.78 Å². The normalized spacial score (nSPS) is 20.6. The first kappa shape index (κ1) is 18.2. The smallest absolute Gasteiger partial charge is 0.270 e. The zero-order valence-electron chi connectivity index (χ0n) is 15.5. The average Bonchev–Trinajstić information content (AvgIpc) is 2.89. The molecule has 6 nitrogen and oxygen atoms in total. The van der Waals surface area contributed by atoms with Crippen molar-refractivity contribution in [3.63, 3.8) is 0 Å². The fraction of sp³-hybridized carbons (Fsp3) is 0.500. The van der Waals surface area contributed by atoms with Crippen LogP contribution in [0.2, 0.25) is 0 Å². The molecule has 0 saturated heterocycles. The number of thioether (sulfide) groups is 1. The molecule has 4 rings (SSSR count). The molecule has 0 unspecified atom stereocenters. The highest BCUT2D eigenvalue weighted by Gasteiger charge is 2.32. The Bertz CT molecular complexity index is 866. The number of hydrogen-bond acceptors (Lipinski definition) is 4. The topological polar surface area (TPSA) is 76.1 Å². The summed E-state index contributed by atoms with van der Waals surface area (Å²) in [5.74, 6) is 1.73. The van der Waals surface area contributed by atoms with E-state index in [0.29, 0.717) is 23.7 Å².